The topological polar surface area (TPSA) is 51.2 Å². The van der Waals surface area contributed by atoms with E-state index in [1.54, 1.807) is 25.5 Å². The number of Topliss-reactive ketones (excluding diaryl/α,β-unsaturated/α-hetero) is 1. The van der Waals surface area contributed by atoms with Crippen molar-refractivity contribution in [2.75, 3.05) is 7.05 Å². The van der Waals surface area contributed by atoms with Crippen LogP contribution in [0.15, 0.2) is 48.6 Å². The minimum Gasteiger partial charge on any atom is -0.462 e. The molecule has 1 N–H and O–H groups in total. The molecule has 0 spiro atoms. The predicted octanol–water partition coefficient (Wildman–Crippen LogP) is 3.22. The molecule has 0 bridgehead atoms. The number of benzene rings is 1. The number of carbonyl (C=O) groups excluding carboxylic acids is 1. The molecule has 0 saturated carbocycles. The molecule has 0 fully saturated rings. The molecule has 1 aliphatic rings. The van der Waals surface area contributed by atoms with Gasteiger partial charge in [-0.3, -0.25) is 9.78 Å². The fraction of sp³-hybridized carbons (Fsp3) is 0.176. The first-order chi connectivity index (χ1) is 10.6. The van der Waals surface area contributed by atoms with E-state index in [0.717, 1.165) is 14.7 Å². The standard InChI is InChI=1S/C17H15IN2O2/c1-10-5-6-11(8-13(10)18)14-15(21)16(22-17(14)19-2)12-4-3-7-20-9-12/h3-9,16,19H,1-2H3. The molecule has 1 aromatic carbocycles. The number of ketones is 1. The fourth-order valence-corrected chi connectivity index (χ4v) is 2.94. The smallest absolute Gasteiger partial charge is 0.214 e. The lowest BCUT2D eigenvalue weighted by Crippen LogP contribution is -2.10. The van der Waals surface area contributed by atoms with E-state index in [0.29, 0.717) is 11.5 Å². The average Bonchev–Trinajstić information content (AvgIpc) is 2.88. The van der Waals surface area contributed by atoms with Gasteiger partial charge in [-0.1, -0.05) is 18.2 Å². The molecule has 1 aliphatic heterocycles. The van der Waals surface area contributed by atoms with Gasteiger partial charge in [-0.2, -0.15) is 0 Å². The first kappa shape index (κ1) is 15.0. The molecule has 0 radical (unpaired) electrons. The highest BCUT2D eigenvalue weighted by atomic mass is 127. The number of hydrogen-bond acceptors (Lipinski definition) is 4. The van der Waals surface area contributed by atoms with Crippen LogP contribution in [0, 0.1) is 10.5 Å². The lowest BCUT2D eigenvalue weighted by atomic mass is 9.97. The molecule has 5 heteroatoms. The summed E-state index contributed by atoms with van der Waals surface area (Å²) in [5.41, 5.74) is 3.41. The van der Waals surface area contributed by atoms with Crippen LogP contribution in [-0.4, -0.2) is 17.8 Å². The second-order valence-electron chi connectivity index (χ2n) is 5.07. The van der Waals surface area contributed by atoms with Gasteiger partial charge in [0.25, 0.3) is 0 Å². The Morgan fingerprint density at radius 3 is 2.77 bits per heavy atom. The number of pyridine rings is 1. The van der Waals surface area contributed by atoms with E-state index in [2.05, 4.69) is 32.9 Å². The molecule has 112 valence electrons. The summed E-state index contributed by atoms with van der Waals surface area (Å²) >= 11 is 2.27. The molecule has 0 saturated heterocycles. The summed E-state index contributed by atoms with van der Waals surface area (Å²) in [6.45, 7) is 2.05. The van der Waals surface area contributed by atoms with Crippen LogP contribution in [0.3, 0.4) is 0 Å². The molecule has 4 nitrogen and oxygen atoms in total. The second-order valence-corrected chi connectivity index (χ2v) is 6.23. The molecular weight excluding hydrogens is 391 g/mol. The number of rotatable bonds is 3. The highest BCUT2D eigenvalue weighted by molar-refractivity contribution is 14.1. The lowest BCUT2D eigenvalue weighted by Gasteiger charge is -2.10. The third-order valence-corrected chi connectivity index (χ3v) is 4.78. The second kappa shape index (κ2) is 6.08. The van der Waals surface area contributed by atoms with Crippen molar-refractivity contribution in [3.05, 3.63) is 68.9 Å². The first-order valence-corrected chi connectivity index (χ1v) is 7.99. The van der Waals surface area contributed by atoms with E-state index in [9.17, 15) is 4.79 Å². The highest BCUT2D eigenvalue weighted by Gasteiger charge is 2.36. The van der Waals surface area contributed by atoms with Crippen LogP contribution in [0.25, 0.3) is 5.57 Å². The van der Waals surface area contributed by atoms with E-state index >= 15 is 0 Å². The van der Waals surface area contributed by atoms with E-state index < -0.39 is 6.10 Å². The minimum atomic E-state index is -0.634. The van der Waals surface area contributed by atoms with Crippen molar-refractivity contribution in [1.82, 2.24) is 10.3 Å². The molecule has 3 rings (SSSR count). The summed E-state index contributed by atoms with van der Waals surface area (Å²) in [7, 11) is 1.76. The molecule has 2 aromatic rings. The van der Waals surface area contributed by atoms with Gasteiger partial charge in [0.1, 0.15) is 0 Å². The minimum absolute atomic E-state index is 0.0444. The highest BCUT2D eigenvalue weighted by Crippen LogP contribution is 2.37. The summed E-state index contributed by atoms with van der Waals surface area (Å²) in [6.07, 6.45) is 2.71. The average molecular weight is 406 g/mol. The van der Waals surface area contributed by atoms with Crippen LogP contribution in [0.2, 0.25) is 0 Å². The van der Waals surface area contributed by atoms with Crippen molar-refractivity contribution < 1.29 is 9.53 Å². The van der Waals surface area contributed by atoms with Crippen LogP contribution < -0.4 is 5.32 Å². The summed E-state index contributed by atoms with van der Waals surface area (Å²) < 4.78 is 6.94. The van der Waals surface area contributed by atoms with Crippen molar-refractivity contribution in [2.24, 2.45) is 0 Å². The Labute approximate surface area is 142 Å². The Hall–Kier alpha value is -1.89. The molecule has 0 aliphatic carbocycles. The zero-order valence-corrected chi connectivity index (χ0v) is 14.4. The SMILES string of the molecule is CNC1=C(c2ccc(C)c(I)c2)C(=O)C(c2cccnc2)O1. The number of halogens is 1. The van der Waals surface area contributed by atoms with Crippen LogP contribution in [-0.2, 0) is 9.53 Å². The normalized spacial score (nSPS) is 17.6. The lowest BCUT2D eigenvalue weighted by molar-refractivity contribution is -0.120. The Morgan fingerprint density at radius 1 is 1.32 bits per heavy atom. The summed E-state index contributed by atoms with van der Waals surface area (Å²) in [5, 5.41) is 2.99. The largest absolute Gasteiger partial charge is 0.462 e. The molecule has 0 amide bonds. The number of nitrogens with one attached hydrogen (secondary N) is 1. The number of ether oxygens (including phenoxy) is 1. The Kier molecular flexibility index (Phi) is 4.15. The summed E-state index contributed by atoms with van der Waals surface area (Å²) in [6, 6.07) is 9.64. The molecule has 2 heterocycles. The molecule has 1 atom stereocenters. The van der Waals surface area contributed by atoms with E-state index in [1.165, 1.54) is 5.56 Å². The van der Waals surface area contributed by atoms with Gasteiger partial charge in [0.2, 0.25) is 5.78 Å². The maximum absolute atomic E-state index is 12.8. The van der Waals surface area contributed by atoms with Gasteiger partial charge in [0.15, 0.2) is 12.0 Å². The number of nitrogens with zero attached hydrogens (tertiary/aromatic N) is 1. The Morgan fingerprint density at radius 2 is 2.14 bits per heavy atom. The van der Waals surface area contributed by atoms with Crippen LogP contribution in [0.5, 0.6) is 0 Å². The number of aromatic nitrogens is 1. The van der Waals surface area contributed by atoms with Crippen molar-refractivity contribution in [3.8, 4) is 0 Å². The van der Waals surface area contributed by atoms with Crippen LogP contribution in [0.4, 0.5) is 0 Å². The number of hydrogen-bond donors (Lipinski definition) is 1. The van der Waals surface area contributed by atoms with Crippen molar-refractivity contribution in [1.29, 1.82) is 0 Å². The quantitative estimate of drug-likeness (QED) is 0.796. The maximum atomic E-state index is 12.8. The van der Waals surface area contributed by atoms with Gasteiger partial charge in [-0.05, 0) is 52.8 Å². The summed E-state index contributed by atoms with van der Waals surface area (Å²) in [5.74, 6) is 0.468. The summed E-state index contributed by atoms with van der Waals surface area (Å²) in [4.78, 5) is 16.9. The maximum Gasteiger partial charge on any atom is 0.214 e. The van der Waals surface area contributed by atoms with Gasteiger partial charge in [0.05, 0.1) is 5.57 Å². The van der Waals surface area contributed by atoms with Crippen LogP contribution in [0.1, 0.15) is 22.8 Å². The Balaban J connectivity index is 2.02. The third kappa shape index (κ3) is 2.61. The zero-order chi connectivity index (χ0) is 15.7. The van der Waals surface area contributed by atoms with Gasteiger partial charge < -0.3 is 10.1 Å². The molecule has 1 aromatic heterocycles. The van der Waals surface area contributed by atoms with Crippen LogP contribution >= 0.6 is 22.6 Å². The number of carbonyl (C=O) groups is 1. The first-order valence-electron chi connectivity index (χ1n) is 6.91. The predicted molar refractivity (Wildman–Crippen MR) is 92.9 cm³/mol. The van der Waals surface area contributed by atoms with Crippen molar-refractivity contribution in [3.63, 3.8) is 0 Å². The third-order valence-electron chi connectivity index (χ3n) is 3.62. The van der Waals surface area contributed by atoms with E-state index in [-0.39, 0.29) is 5.78 Å². The van der Waals surface area contributed by atoms with Crippen molar-refractivity contribution in [2.45, 2.75) is 13.0 Å². The molecule has 1 unspecified atom stereocenters. The van der Waals surface area contributed by atoms with Gasteiger partial charge in [0, 0.05) is 28.6 Å². The Bertz CT molecular complexity index is 757. The van der Waals surface area contributed by atoms with Crippen molar-refractivity contribution >= 4 is 33.9 Å². The van der Waals surface area contributed by atoms with Gasteiger partial charge in [-0.25, -0.2) is 0 Å². The number of aryl methyl sites for hydroxylation is 1. The van der Waals surface area contributed by atoms with E-state index in [1.807, 2.05) is 31.2 Å². The molecular formula is C17H15IN2O2. The monoisotopic (exact) mass is 406 g/mol. The molecule has 22 heavy (non-hydrogen) atoms. The van der Waals surface area contributed by atoms with Gasteiger partial charge in [-0.15, -0.1) is 0 Å². The zero-order valence-electron chi connectivity index (χ0n) is 12.3. The van der Waals surface area contributed by atoms with E-state index in [4.69, 9.17) is 4.74 Å². The fourth-order valence-electron chi connectivity index (χ4n) is 2.43. The van der Waals surface area contributed by atoms with Gasteiger partial charge >= 0.3 is 0 Å².